The summed E-state index contributed by atoms with van der Waals surface area (Å²) in [5.74, 6) is -0.134. The molecule has 0 fully saturated rings. The first-order valence-electron chi connectivity index (χ1n) is 9.73. The number of hydrogen-bond acceptors (Lipinski definition) is 3. The quantitative estimate of drug-likeness (QED) is 0.714. The van der Waals surface area contributed by atoms with Crippen LogP contribution in [0, 0.1) is 5.82 Å². The zero-order chi connectivity index (χ0) is 19.5. The van der Waals surface area contributed by atoms with Gasteiger partial charge in [0.2, 0.25) is 5.91 Å². The van der Waals surface area contributed by atoms with Crippen LogP contribution in [0.2, 0.25) is 0 Å². The van der Waals surface area contributed by atoms with Crippen molar-refractivity contribution in [2.45, 2.75) is 25.7 Å². The normalized spacial score (nSPS) is 16.8. The second kappa shape index (κ2) is 8.07. The van der Waals surface area contributed by atoms with E-state index in [0.29, 0.717) is 18.4 Å². The first-order valence-corrected chi connectivity index (χ1v) is 9.73. The number of carbonyl (C=O) groups is 2. The van der Waals surface area contributed by atoms with Gasteiger partial charge >= 0.3 is 0 Å². The Morgan fingerprint density at radius 2 is 1.86 bits per heavy atom. The van der Waals surface area contributed by atoms with E-state index >= 15 is 0 Å². The molecular weight excluding hydrogens is 355 g/mol. The molecular formula is C23H23FN2O2. The van der Waals surface area contributed by atoms with Gasteiger partial charge in [0.05, 0.1) is 12.1 Å². The lowest BCUT2D eigenvalue weighted by atomic mass is 10.1. The van der Waals surface area contributed by atoms with Crippen LogP contribution in [-0.4, -0.2) is 36.2 Å². The van der Waals surface area contributed by atoms with E-state index in [1.807, 2.05) is 29.2 Å². The Balaban J connectivity index is 1.29. The van der Waals surface area contributed by atoms with Gasteiger partial charge in [-0.3, -0.25) is 19.4 Å². The molecule has 4 nitrogen and oxygen atoms in total. The number of halogens is 1. The van der Waals surface area contributed by atoms with Crippen molar-refractivity contribution in [3.05, 3.63) is 77.2 Å². The summed E-state index contributed by atoms with van der Waals surface area (Å²) in [6.07, 6.45) is 4.65. The molecule has 0 radical (unpaired) electrons. The highest BCUT2D eigenvalue weighted by Gasteiger charge is 2.30. The fourth-order valence-corrected chi connectivity index (χ4v) is 3.92. The standard InChI is InChI=1S/C23H23FN2O2/c24-19-9-7-17(8-10-19)22(27)6-3-13-25-14-11-20(12-15-25)26-21-5-2-1-4-18(21)16-23(26)28/h1-2,4-5,7-11H,3,6,12-16H2. The summed E-state index contributed by atoms with van der Waals surface area (Å²) in [6.45, 7) is 2.50. The van der Waals surface area contributed by atoms with Crippen LogP contribution in [-0.2, 0) is 11.2 Å². The highest BCUT2D eigenvalue weighted by Crippen LogP contribution is 2.33. The smallest absolute Gasteiger partial charge is 0.235 e. The zero-order valence-corrected chi connectivity index (χ0v) is 15.7. The maximum atomic E-state index is 12.9. The summed E-state index contributed by atoms with van der Waals surface area (Å²) in [7, 11) is 0. The molecule has 0 bridgehead atoms. The summed E-state index contributed by atoms with van der Waals surface area (Å²) in [5, 5.41) is 0. The fourth-order valence-electron chi connectivity index (χ4n) is 3.92. The molecule has 4 rings (SSSR count). The molecule has 0 saturated carbocycles. The van der Waals surface area contributed by atoms with Gasteiger partial charge in [-0.1, -0.05) is 24.3 Å². The number of nitrogens with zero attached hydrogens (tertiary/aromatic N) is 2. The molecule has 28 heavy (non-hydrogen) atoms. The van der Waals surface area contributed by atoms with E-state index in [1.54, 1.807) is 12.1 Å². The van der Waals surface area contributed by atoms with Gasteiger partial charge in [-0.15, -0.1) is 0 Å². The van der Waals surface area contributed by atoms with Crippen molar-refractivity contribution in [3.8, 4) is 0 Å². The number of ketones is 1. The molecule has 1 amide bonds. The van der Waals surface area contributed by atoms with E-state index in [-0.39, 0.29) is 17.5 Å². The van der Waals surface area contributed by atoms with Crippen LogP contribution >= 0.6 is 0 Å². The van der Waals surface area contributed by atoms with Crippen molar-refractivity contribution in [2.24, 2.45) is 0 Å². The third-order valence-corrected chi connectivity index (χ3v) is 5.42. The molecule has 5 heteroatoms. The molecule has 0 unspecified atom stereocenters. The van der Waals surface area contributed by atoms with E-state index in [4.69, 9.17) is 0 Å². The molecule has 0 atom stereocenters. The summed E-state index contributed by atoms with van der Waals surface area (Å²) in [5.41, 5.74) is 3.74. The van der Waals surface area contributed by atoms with Gasteiger partial charge < -0.3 is 0 Å². The van der Waals surface area contributed by atoms with Crippen LogP contribution in [0.1, 0.15) is 35.2 Å². The monoisotopic (exact) mass is 378 g/mol. The predicted molar refractivity (Wildman–Crippen MR) is 107 cm³/mol. The van der Waals surface area contributed by atoms with Crippen molar-refractivity contribution in [1.82, 2.24) is 4.90 Å². The number of fused-ring (bicyclic) bond motifs is 1. The van der Waals surface area contributed by atoms with E-state index in [9.17, 15) is 14.0 Å². The van der Waals surface area contributed by atoms with E-state index in [0.717, 1.165) is 49.4 Å². The zero-order valence-electron chi connectivity index (χ0n) is 15.7. The molecule has 0 spiro atoms. The number of rotatable bonds is 6. The van der Waals surface area contributed by atoms with Crippen molar-refractivity contribution in [2.75, 3.05) is 24.5 Å². The Bertz CT molecular complexity index is 920. The van der Waals surface area contributed by atoms with Crippen LogP contribution < -0.4 is 4.90 Å². The largest absolute Gasteiger partial charge is 0.299 e. The van der Waals surface area contributed by atoms with Crippen molar-refractivity contribution in [1.29, 1.82) is 0 Å². The van der Waals surface area contributed by atoms with Crippen LogP contribution in [0.3, 0.4) is 0 Å². The summed E-state index contributed by atoms with van der Waals surface area (Å²) in [6, 6.07) is 13.7. The topological polar surface area (TPSA) is 40.6 Å². The average molecular weight is 378 g/mol. The van der Waals surface area contributed by atoms with Crippen LogP contribution in [0.15, 0.2) is 60.3 Å². The lowest BCUT2D eigenvalue weighted by molar-refractivity contribution is -0.117. The highest BCUT2D eigenvalue weighted by atomic mass is 19.1. The molecule has 2 heterocycles. The second-order valence-electron chi connectivity index (χ2n) is 7.31. The molecule has 2 aliphatic heterocycles. The maximum absolute atomic E-state index is 12.9. The minimum atomic E-state index is -0.327. The Kier molecular flexibility index (Phi) is 5.35. The molecule has 0 saturated heterocycles. The fraction of sp³-hybridized carbons (Fsp3) is 0.304. The number of amides is 1. The predicted octanol–water partition coefficient (Wildman–Crippen LogP) is 3.97. The lowest BCUT2D eigenvalue weighted by Crippen LogP contribution is -2.35. The van der Waals surface area contributed by atoms with E-state index < -0.39 is 0 Å². The molecule has 144 valence electrons. The number of hydrogen-bond donors (Lipinski definition) is 0. The van der Waals surface area contributed by atoms with Gasteiger partial charge in [0.15, 0.2) is 5.78 Å². The van der Waals surface area contributed by atoms with Gasteiger partial charge in [-0.05, 0) is 48.9 Å². The van der Waals surface area contributed by atoms with Gasteiger partial charge in [-0.25, -0.2) is 4.39 Å². The van der Waals surface area contributed by atoms with Crippen molar-refractivity contribution >= 4 is 17.4 Å². The number of Topliss-reactive ketones (excluding diaryl/α,β-unsaturated/α-hetero) is 1. The summed E-state index contributed by atoms with van der Waals surface area (Å²) in [4.78, 5) is 28.8. The second-order valence-corrected chi connectivity index (χ2v) is 7.31. The highest BCUT2D eigenvalue weighted by molar-refractivity contribution is 6.04. The molecule has 0 aliphatic carbocycles. The van der Waals surface area contributed by atoms with Crippen LogP contribution in [0.25, 0.3) is 0 Å². The molecule has 2 aliphatic rings. The minimum Gasteiger partial charge on any atom is -0.299 e. The van der Waals surface area contributed by atoms with E-state index in [2.05, 4.69) is 11.0 Å². The first kappa shape index (κ1) is 18.6. The van der Waals surface area contributed by atoms with Crippen LogP contribution in [0.4, 0.5) is 10.1 Å². The number of benzene rings is 2. The third-order valence-electron chi connectivity index (χ3n) is 5.42. The molecule has 0 aromatic heterocycles. The Morgan fingerprint density at radius 3 is 2.61 bits per heavy atom. The van der Waals surface area contributed by atoms with E-state index in [1.165, 1.54) is 12.1 Å². The number of para-hydroxylation sites is 1. The first-order chi connectivity index (χ1) is 13.6. The molecule has 2 aromatic rings. The maximum Gasteiger partial charge on any atom is 0.235 e. The van der Waals surface area contributed by atoms with Crippen LogP contribution in [0.5, 0.6) is 0 Å². The van der Waals surface area contributed by atoms with Crippen molar-refractivity contribution < 1.29 is 14.0 Å². The number of anilines is 1. The lowest BCUT2D eigenvalue weighted by Gasteiger charge is -2.30. The molecule has 2 aromatic carbocycles. The summed E-state index contributed by atoms with van der Waals surface area (Å²) >= 11 is 0. The van der Waals surface area contributed by atoms with Gasteiger partial charge in [0.1, 0.15) is 5.82 Å². The third kappa shape index (κ3) is 3.90. The Morgan fingerprint density at radius 1 is 1.07 bits per heavy atom. The van der Waals surface area contributed by atoms with Gasteiger partial charge in [0.25, 0.3) is 0 Å². The Labute approximate surface area is 164 Å². The van der Waals surface area contributed by atoms with Crippen molar-refractivity contribution in [3.63, 3.8) is 0 Å². The number of carbonyl (C=O) groups excluding carboxylic acids is 2. The average Bonchev–Trinajstić information content (AvgIpc) is 3.05. The van der Waals surface area contributed by atoms with Gasteiger partial charge in [0, 0.05) is 37.2 Å². The Hall–Kier alpha value is -2.79. The summed E-state index contributed by atoms with van der Waals surface area (Å²) < 4.78 is 12.9. The molecule has 0 N–H and O–H groups in total. The van der Waals surface area contributed by atoms with Gasteiger partial charge in [-0.2, -0.15) is 0 Å². The minimum absolute atomic E-state index is 0.0486. The SMILES string of the molecule is O=C(CCCN1CC=C(N2C(=O)Cc3ccccc32)CC1)c1ccc(F)cc1.